The van der Waals surface area contributed by atoms with Crippen LogP contribution in [0.5, 0.6) is 5.75 Å². The van der Waals surface area contributed by atoms with Gasteiger partial charge in [0, 0.05) is 0 Å². The van der Waals surface area contributed by atoms with E-state index >= 15 is 0 Å². The molecule has 3 aromatic rings. The van der Waals surface area contributed by atoms with E-state index in [1.807, 2.05) is 19.1 Å². The van der Waals surface area contributed by atoms with Gasteiger partial charge in [-0.2, -0.15) is 0 Å². The zero-order valence-corrected chi connectivity index (χ0v) is 17.0. The summed E-state index contributed by atoms with van der Waals surface area (Å²) < 4.78 is 5.76. The van der Waals surface area contributed by atoms with Crippen LogP contribution < -0.4 is 4.74 Å². The standard InChI is InChI=1S/C25H25OS/c1-18(2)21(5)26-22-10-16-25(17-11-22)27(23-12-6-19(3)7-13-23)24-14-8-20(4)9-15-24/h6-17H,1,5H2,2-4H3/q+1. The van der Waals surface area contributed by atoms with Gasteiger partial charge in [-0.1, -0.05) is 48.6 Å². The molecular weight excluding hydrogens is 348 g/mol. The number of aryl methyl sites for hydroxylation is 2. The summed E-state index contributed by atoms with van der Waals surface area (Å²) in [5.41, 5.74) is 3.37. The summed E-state index contributed by atoms with van der Waals surface area (Å²) in [5, 5.41) is 0. The van der Waals surface area contributed by atoms with Gasteiger partial charge in [-0.05, 0) is 74.9 Å². The third kappa shape index (κ3) is 4.72. The van der Waals surface area contributed by atoms with Gasteiger partial charge in [-0.3, -0.25) is 0 Å². The highest BCUT2D eigenvalue weighted by Gasteiger charge is 2.28. The normalized spacial score (nSPS) is 10.7. The summed E-state index contributed by atoms with van der Waals surface area (Å²) >= 11 is 0. The Kier molecular flexibility index (Phi) is 5.88. The lowest BCUT2D eigenvalue weighted by Gasteiger charge is -2.11. The summed E-state index contributed by atoms with van der Waals surface area (Å²) in [5.74, 6) is 1.38. The summed E-state index contributed by atoms with van der Waals surface area (Å²) in [7, 11) is -0.156. The van der Waals surface area contributed by atoms with Crippen molar-refractivity contribution in [2.75, 3.05) is 0 Å². The Morgan fingerprint density at radius 2 is 1.04 bits per heavy atom. The minimum absolute atomic E-state index is 0.156. The van der Waals surface area contributed by atoms with Gasteiger partial charge in [0.05, 0.1) is 10.9 Å². The maximum absolute atomic E-state index is 5.76. The van der Waals surface area contributed by atoms with Crippen molar-refractivity contribution in [1.29, 1.82) is 0 Å². The lowest BCUT2D eigenvalue weighted by atomic mass is 10.2. The third-order valence-corrected chi connectivity index (χ3v) is 6.52. The quantitative estimate of drug-likeness (QED) is 0.260. The van der Waals surface area contributed by atoms with Crippen molar-refractivity contribution in [3.8, 4) is 5.75 Å². The van der Waals surface area contributed by atoms with Gasteiger partial charge in [-0.15, -0.1) is 0 Å². The molecule has 0 saturated carbocycles. The van der Waals surface area contributed by atoms with Crippen LogP contribution in [0.4, 0.5) is 0 Å². The van der Waals surface area contributed by atoms with Crippen LogP contribution in [0.2, 0.25) is 0 Å². The van der Waals surface area contributed by atoms with Crippen molar-refractivity contribution in [2.24, 2.45) is 0 Å². The molecule has 27 heavy (non-hydrogen) atoms. The van der Waals surface area contributed by atoms with Crippen molar-refractivity contribution in [1.82, 2.24) is 0 Å². The average Bonchev–Trinajstić information content (AvgIpc) is 2.66. The van der Waals surface area contributed by atoms with E-state index in [-0.39, 0.29) is 10.9 Å². The maximum atomic E-state index is 5.76. The molecule has 0 heterocycles. The van der Waals surface area contributed by atoms with Crippen molar-refractivity contribution in [3.63, 3.8) is 0 Å². The predicted molar refractivity (Wildman–Crippen MR) is 116 cm³/mol. The second kappa shape index (κ2) is 8.32. The highest BCUT2D eigenvalue weighted by atomic mass is 32.2. The van der Waals surface area contributed by atoms with Gasteiger partial charge in [-0.25, -0.2) is 0 Å². The fourth-order valence-corrected chi connectivity index (χ4v) is 4.67. The molecule has 1 nitrogen and oxygen atoms in total. The smallest absolute Gasteiger partial charge is 0.166 e. The molecule has 0 N–H and O–H groups in total. The molecule has 0 aliphatic heterocycles. The summed E-state index contributed by atoms with van der Waals surface area (Å²) in [6.45, 7) is 13.9. The number of hydrogen-bond donors (Lipinski definition) is 0. The molecule has 0 aliphatic carbocycles. The van der Waals surface area contributed by atoms with Gasteiger partial charge in [0.25, 0.3) is 0 Å². The topological polar surface area (TPSA) is 9.23 Å². The largest absolute Gasteiger partial charge is 0.458 e. The second-order valence-corrected chi connectivity index (χ2v) is 8.74. The van der Waals surface area contributed by atoms with Crippen LogP contribution in [0, 0.1) is 13.8 Å². The van der Waals surface area contributed by atoms with Crippen LogP contribution in [0.15, 0.2) is 112 Å². The maximum Gasteiger partial charge on any atom is 0.166 e. The van der Waals surface area contributed by atoms with Crippen LogP contribution in [0.3, 0.4) is 0 Å². The van der Waals surface area contributed by atoms with E-state index in [1.165, 1.54) is 25.8 Å². The lowest BCUT2D eigenvalue weighted by molar-refractivity contribution is 0.439. The molecule has 0 spiro atoms. The van der Waals surface area contributed by atoms with E-state index < -0.39 is 0 Å². The molecule has 0 amide bonds. The van der Waals surface area contributed by atoms with Crippen molar-refractivity contribution >= 4 is 10.9 Å². The van der Waals surface area contributed by atoms with E-state index in [4.69, 9.17) is 4.74 Å². The van der Waals surface area contributed by atoms with Crippen molar-refractivity contribution in [3.05, 3.63) is 108 Å². The molecule has 0 fully saturated rings. The van der Waals surface area contributed by atoms with Gasteiger partial charge in [0.15, 0.2) is 14.7 Å². The van der Waals surface area contributed by atoms with Gasteiger partial charge in [0.1, 0.15) is 11.5 Å². The molecular formula is C25H25OS+. The molecule has 0 saturated heterocycles. The van der Waals surface area contributed by atoms with Gasteiger partial charge >= 0.3 is 0 Å². The Balaban J connectivity index is 1.97. The van der Waals surface area contributed by atoms with E-state index in [2.05, 4.69) is 87.7 Å². The van der Waals surface area contributed by atoms with E-state index in [0.29, 0.717) is 5.76 Å². The number of rotatable bonds is 6. The molecule has 0 radical (unpaired) electrons. The van der Waals surface area contributed by atoms with Crippen molar-refractivity contribution in [2.45, 2.75) is 35.5 Å². The molecule has 0 bridgehead atoms. The van der Waals surface area contributed by atoms with E-state index in [9.17, 15) is 0 Å². The Bertz CT molecular complexity index is 890. The van der Waals surface area contributed by atoms with Crippen molar-refractivity contribution < 1.29 is 4.74 Å². The van der Waals surface area contributed by atoms with E-state index in [1.54, 1.807) is 0 Å². The predicted octanol–water partition coefficient (Wildman–Crippen LogP) is 6.87. The highest BCUT2D eigenvalue weighted by Crippen LogP contribution is 2.32. The molecule has 136 valence electrons. The number of allylic oxidation sites excluding steroid dienone is 1. The zero-order valence-electron chi connectivity index (χ0n) is 16.2. The number of ether oxygens (including phenoxy) is 1. The molecule has 2 heteroatoms. The monoisotopic (exact) mass is 373 g/mol. The zero-order chi connectivity index (χ0) is 19.4. The molecule has 0 aliphatic rings. The SMILES string of the molecule is C=C(C)C(=C)Oc1ccc([S+](c2ccc(C)cc2)c2ccc(C)cc2)cc1. The third-order valence-electron chi connectivity index (χ3n) is 4.29. The Hall–Kier alpha value is -2.71. The van der Waals surface area contributed by atoms with E-state index in [0.717, 1.165) is 11.3 Å². The summed E-state index contributed by atoms with van der Waals surface area (Å²) in [6, 6.07) is 25.9. The summed E-state index contributed by atoms with van der Waals surface area (Å²) in [4.78, 5) is 3.88. The fraction of sp³-hybridized carbons (Fsp3) is 0.120. The van der Waals surface area contributed by atoms with Crippen LogP contribution >= 0.6 is 0 Å². The highest BCUT2D eigenvalue weighted by molar-refractivity contribution is 7.97. The van der Waals surface area contributed by atoms with Crippen LogP contribution in [0.25, 0.3) is 0 Å². The van der Waals surface area contributed by atoms with Crippen LogP contribution in [-0.4, -0.2) is 0 Å². The number of hydrogen-bond acceptors (Lipinski definition) is 1. The number of benzene rings is 3. The average molecular weight is 374 g/mol. The Labute approximate surface area is 165 Å². The van der Waals surface area contributed by atoms with Crippen LogP contribution in [0.1, 0.15) is 18.1 Å². The van der Waals surface area contributed by atoms with Crippen LogP contribution in [-0.2, 0) is 10.9 Å². The van der Waals surface area contributed by atoms with Gasteiger partial charge in [0.2, 0.25) is 0 Å². The molecule has 0 aromatic heterocycles. The minimum atomic E-state index is -0.156. The molecule has 3 rings (SSSR count). The molecule has 0 unspecified atom stereocenters. The van der Waals surface area contributed by atoms with Gasteiger partial charge < -0.3 is 4.74 Å². The first kappa shape index (κ1) is 19.1. The fourth-order valence-electron chi connectivity index (χ4n) is 2.63. The first-order chi connectivity index (χ1) is 12.9. The lowest BCUT2D eigenvalue weighted by Crippen LogP contribution is -2.05. The molecule has 0 atom stereocenters. The minimum Gasteiger partial charge on any atom is -0.458 e. The first-order valence-electron chi connectivity index (χ1n) is 8.94. The second-order valence-electron chi connectivity index (χ2n) is 6.71. The Morgan fingerprint density at radius 3 is 1.41 bits per heavy atom. The summed E-state index contributed by atoms with van der Waals surface area (Å²) in [6.07, 6.45) is 0. The Morgan fingerprint density at radius 1 is 0.667 bits per heavy atom. The molecule has 3 aromatic carbocycles. The first-order valence-corrected chi connectivity index (χ1v) is 10.2.